The van der Waals surface area contributed by atoms with Crippen LogP contribution >= 0.6 is 11.6 Å². The van der Waals surface area contributed by atoms with E-state index < -0.39 is 16.1 Å². The normalized spacial score (nSPS) is 18.4. The summed E-state index contributed by atoms with van der Waals surface area (Å²) < 4.78 is 44.1. The lowest BCUT2D eigenvalue weighted by molar-refractivity contribution is 0.00540. The molecule has 1 saturated heterocycles. The Morgan fingerprint density at radius 3 is 2.50 bits per heavy atom. The monoisotopic (exact) mass is 482 g/mol. The zero-order valence-electron chi connectivity index (χ0n) is 17.7. The van der Waals surface area contributed by atoms with Crippen molar-refractivity contribution in [1.82, 2.24) is 9.21 Å². The van der Waals surface area contributed by atoms with Crippen LogP contribution < -0.4 is 9.47 Å². The molecule has 2 aromatic carbocycles. The Morgan fingerprint density at radius 1 is 1.03 bits per heavy atom. The molecule has 2 heterocycles. The Morgan fingerprint density at radius 2 is 1.75 bits per heavy atom. The largest absolute Gasteiger partial charge is 0.486 e. The van der Waals surface area contributed by atoms with Gasteiger partial charge in [0, 0.05) is 43.8 Å². The number of halogens is 1. The molecule has 1 N–H and O–H groups in total. The molecular formula is C22H27ClN2O6S. The van der Waals surface area contributed by atoms with E-state index in [1.807, 2.05) is 23.1 Å². The second kappa shape index (κ2) is 10.4. The summed E-state index contributed by atoms with van der Waals surface area (Å²) in [6.07, 6.45) is -0.668. The Hall–Kier alpha value is -1.88. The number of nitrogens with zero attached hydrogens (tertiary/aromatic N) is 2. The average Bonchev–Trinajstić information content (AvgIpc) is 2.80. The highest BCUT2D eigenvalue weighted by molar-refractivity contribution is 7.89. The molecule has 0 aliphatic carbocycles. The smallest absolute Gasteiger partial charge is 0.243 e. The molecule has 0 bridgehead atoms. The number of hydrogen-bond acceptors (Lipinski definition) is 7. The van der Waals surface area contributed by atoms with Gasteiger partial charge in [0.2, 0.25) is 10.0 Å². The van der Waals surface area contributed by atoms with Gasteiger partial charge in [-0.25, -0.2) is 8.42 Å². The first-order valence-corrected chi connectivity index (χ1v) is 12.4. The summed E-state index contributed by atoms with van der Waals surface area (Å²) in [7, 11) is -3.62. The maximum absolute atomic E-state index is 13.0. The quantitative estimate of drug-likeness (QED) is 0.615. The highest BCUT2D eigenvalue weighted by atomic mass is 35.5. The second-order valence-electron chi connectivity index (χ2n) is 7.77. The van der Waals surface area contributed by atoms with E-state index in [9.17, 15) is 13.5 Å². The maximum Gasteiger partial charge on any atom is 0.243 e. The lowest BCUT2D eigenvalue weighted by atomic mass is 10.2. The standard InChI is InChI=1S/C22H27ClN2O6S/c23-20-4-2-1-3-17(20)15-29-16-18(26)14-24-7-9-25(10-8-24)32(27,28)19-5-6-21-22(13-19)31-12-11-30-21/h1-6,13,18,26H,7-12,14-16H2. The van der Waals surface area contributed by atoms with Gasteiger partial charge in [-0.15, -0.1) is 0 Å². The van der Waals surface area contributed by atoms with Crippen LogP contribution in [0.15, 0.2) is 47.4 Å². The Kier molecular flexibility index (Phi) is 7.55. The molecule has 0 saturated carbocycles. The van der Waals surface area contributed by atoms with Crippen molar-refractivity contribution in [3.05, 3.63) is 53.1 Å². The van der Waals surface area contributed by atoms with Crippen molar-refractivity contribution in [2.24, 2.45) is 0 Å². The van der Waals surface area contributed by atoms with Gasteiger partial charge >= 0.3 is 0 Å². The van der Waals surface area contributed by atoms with Crippen molar-refractivity contribution in [3.8, 4) is 11.5 Å². The van der Waals surface area contributed by atoms with Crippen LogP contribution in [0.3, 0.4) is 0 Å². The topological polar surface area (TPSA) is 88.5 Å². The van der Waals surface area contributed by atoms with Gasteiger partial charge in [-0.2, -0.15) is 4.31 Å². The van der Waals surface area contributed by atoms with Crippen LogP contribution in [-0.2, 0) is 21.4 Å². The number of hydrogen-bond donors (Lipinski definition) is 1. The predicted octanol–water partition coefficient (Wildman–Crippen LogP) is 2.00. The van der Waals surface area contributed by atoms with E-state index in [1.54, 1.807) is 18.2 Å². The van der Waals surface area contributed by atoms with Crippen molar-refractivity contribution in [1.29, 1.82) is 0 Å². The van der Waals surface area contributed by atoms with Crippen molar-refractivity contribution >= 4 is 21.6 Å². The third-order valence-corrected chi connectivity index (χ3v) is 7.74. The van der Waals surface area contributed by atoms with Crippen LogP contribution in [0, 0.1) is 0 Å². The summed E-state index contributed by atoms with van der Waals surface area (Å²) in [6, 6.07) is 12.1. The van der Waals surface area contributed by atoms with E-state index in [-0.39, 0.29) is 11.5 Å². The molecule has 174 valence electrons. The van der Waals surface area contributed by atoms with E-state index >= 15 is 0 Å². The van der Waals surface area contributed by atoms with Gasteiger partial charge < -0.3 is 19.3 Å². The lowest BCUT2D eigenvalue weighted by Gasteiger charge is -2.35. The molecule has 32 heavy (non-hydrogen) atoms. The van der Waals surface area contributed by atoms with Gasteiger partial charge in [-0.1, -0.05) is 29.8 Å². The first-order valence-electron chi connectivity index (χ1n) is 10.5. The number of ether oxygens (including phenoxy) is 3. The first-order chi connectivity index (χ1) is 15.4. The Labute approximate surface area is 193 Å². The highest BCUT2D eigenvalue weighted by Gasteiger charge is 2.30. The van der Waals surface area contributed by atoms with Crippen LogP contribution in [0.4, 0.5) is 0 Å². The number of aliphatic hydroxyl groups excluding tert-OH is 1. The summed E-state index contributed by atoms with van der Waals surface area (Å²) >= 11 is 6.11. The third kappa shape index (κ3) is 5.54. The van der Waals surface area contributed by atoms with E-state index in [0.29, 0.717) is 69.1 Å². The highest BCUT2D eigenvalue weighted by Crippen LogP contribution is 2.33. The fraction of sp³-hybridized carbons (Fsp3) is 0.455. The molecule has 0 amide bonds. The number of β-amino-alcohol motifs (C(OH)–C–C–N with tert-alkyl or cyclic N) is 1. The second-order valence-corrected chi connectivity index (χ2v) is 10.1. The van der Waals surface area contributed by atoms with Crippen molar-refractivity contribution in [3.63, 3.8) is 0 Å². The van der Waals surface area contributed by atoms with Crippen LogP contribution in [0.2, 0.25) is 5.02 Å². The third-order valence-electron chi connectivity index (χ3n) is 5.48. The zero-order valence-corrected chi connectivity index (χ0v) is 19.2. The van der Waals surface area contributed by atoms with Gasteiger partial charge in [0.1, 0.15) is 13.2 Å². The van der Waals surface area contributed by atoms with Gasteiger partial charge in [0.05, 0.1) is 24.2 Å². The number of aliphatic hydroxyl groups is 1. The van der Waals surface area contributed by atoms with E-state index in [1.165, 1.54) is 10.4 Å². The fourth-order valence-corrected chi connectivity index (χ4v) is 5.39. The Bertz CT molecular complexity index is 1030. The number of rotatable bonds is 8. The molecule has 8 nitrogen and oxygen atoms in total. The minimum Gasteiger partial charge on any atom is -0.486 e. The molecule has 4 rings (SSSR count). The van der Waals surface area contributed by atoms with Crippen LogP contribution in [0.1, 0.15) is 5.56 Å². The minimum absolute atomic E-state index is 0.181. The van der Waals surface area contributed by atoms with Crippen molar-refractivity contribution < 1.29 is 27.7 Å². The fourth-order valence-electron chi connectivity index (χ4n) is 3.76. The lowest BCUT2D eigenvalue weighted by Crippen LogP contribution is -2.50. The molecule has 1 atom stereocenters. The molecule has 0 aromatic heterocycles. The van der Waals surface area contributed by atoms with Crippen molar-refractivity contribution in [2.75, 3.05) is 52.5 Å². The molecule has 10 heteroatoms. The van der Waals surface area contributed by atoms with E-state index in [2.05, 4.69) is 0 Å². The van der Waals surface area contributed by atoms with Gasteiger partial charge in [0.25, 0.3) is 0 Å². The first kappa shape index (κ1) is 23.3. The number of sulfonamides is 1. The Balaban J connectivity index is 1.25. The summed E-state index contributed by atoms with van der Waals surface area (Å²) in [5, 5.41) is 10.9. The molecule has 1 fully saturated rings. The molecule has 0 spiro atoms. The SMILES string of the molecule is O=S(=O)(c1ccc2c(c1)OCCO2)N1CCN(CC(O)COCc2ccccc2Cl)CC1. The summed E-state index contributed by atoms with van der Waals surface area (Å²) in [5.74, 6) is 1.02. The van der Waals surface area contributed by atoms with Gasteiger partial charge in [-0.3, -0.25) is 4.90 Å². The maximum atomic E-state index is 13.0. The van der Waals surface area contributed by atoms with E-state index in [0.717, 1.165) is 5.56 Å². The molecular weight excluding hydrogens is 456 g/mol. The number of benzene rings is 2. The summed E-state index contributed by atoms with van der Waals surface area (Å²) in [5.41, 5.74) is 0.874. The van der Waals surface area contributed by atoms with Gasteiger partial charge in [-0.05, 0) is 23.8 Å². The van der Waals surface area contributed by atoms with E-state index in [4.69, 9.17) is 25.8 Å². The molecule has 2 aliphatic rings. The number of fused-ring (bicyclic) bond motifs is 1. The van der Waals surface area contributed by atoms with Crippen LogP contribution in [0.5, 0.6) is 11.5 Å². The molecule has 1 unspecified atom stereocenters. The molecule has 2 aromatic rings. The number of piperazine rings is 1. The predicted molar refractivity (Wildman–Crippen MR) is 120 cm³/mol. The summed E-state index contributed by atoms with van der Waals surface area (Å²) in [6.45, 7) is 3.56. The zero-order chi connectivity index (χ0) is 22.6. The molecule has 0 radical (unpaired) electrons. The average molecular weight is 483 g/mol. The van der Waals surface area contributed by atoms with Crippen molar-refractivity contribution in [2.45, 2.75) is 17.6 Å². The van der Waals surface area contributed by atoms with Gasteiger partial charge in [0.15, 0.2) is 11.5 Å². The van der Waals surface area contributed by atoms with Crippen LogP contribution in [-0.4, -0.2) is 81.4 Å². The molecule has 2 aliphatic heterocycles. The minimum atomic E-state index is -3.62. The van der Waals surface area contributed by atoms with Crippen LogP contribution in [0.25, 0.3) is 0 Å². The summed E-state index contributed by atoms with van der Waals surface area (Å²) in [4.78, 5) is 2.24.